The van der Waals surface area contributed by atoms with Crippen LogP contribution in [0.4, 0.5) is 5.82 Å². The standard InChI is InChI=1S/C21H29ClN3O4.K/c1-5-13-10-12(2)6-7-14(13)17(29-4)11-16(26)18(27)21(28)25-9-8-15(19(22)23)20(25)24-3;/h6-10,16-18,21,23,26-28H,5,11H2,1-4H3;/q-1;+1. The Bertz CT molecular complexity index is 846. The van der Waals surface area contributed by atoms with Crippen molar-refractivity contribution in [2.24, 2.45) is 0 Å². The number of aliphatic hydroxyl groups excluding tert-OH is 3. The molecule has 7 nitrogen and oxygen atoms in total. The Kier molecular flexibility index (Phi) is 11.7. The average molecular weight is 462 g/mol. The van der Waals surface area contributed by atoms with Crippen molar-refractivity contribution >= 4 is 22.6 Å². The first-order chi connectivity index (χ1) is 13.7. The second kappa shape index (κ2) is 12.7. The van der Waals surface area contributed by atoms with Gasteiger partial charge in [0.2, 0.25) is 0 Å². The molecule has 4 unspecified atom stereocenters. The van der Waals surface area contributed by atoms with Gasteiger partial charge in [0.05, 0.1) is 18.4 Å². The van der Waals surface area contributed by atoms with Crippen LogP contribution in [0.25, 0.3) is 5.32 Å². The van der Waals surface area contributed by atoms with E-state index in [4.69, 9.17) is 21.7 Å². The molecule has 2 aromatic rings. The van der Waals surface area contributed by atoms with Gasteiger partial charge in [0.25, 0.3) is 0 Å². The molecule has 1 aromatic heterocycles. The number of aliphatic hydroxyl groups is 3. The number of benzene rings is 1. The summed E-state index contributed by atoms with van der Waals surface area (Å²) in [4.78, 5) is 0. The molecule has 0 spiro atoms. The van der Waals surface area contributed by atoms with E-state index in [0.29, 0.717) is 5.56 Å². The van der Waals surface area contributed by atoms with Gasteiger partial charge >= 0.3 is 51.4 Å². The van der Waals surface area contributed by atoms with Crippen LogP contribution in [0.5, 0.6) is 0 Å². The molecule has 0 saturated carbocycles. The molecule has 0 aliphatic carbocycles. The maximum Gasteiger partial charge on any atom is 1.00 e. The number of hydrogen-bond acceptors (Lipinski definition) is 5. The van der Waals surface area contributed by atoms with Crippen molar-refractivity contribution in [2.75, 3.05) is 14.2 Å². The SMILES string of the molecule is CCc1cc(C)ccc1C(CC(O)C(O)C(O)n1ccc(C(=N)Cl)c1[N-]C)OC.[K+]. The molecule has 0 saturated heterocycles. The van der Waals surface area contributed by atoms with E-state index >= 15 is 0 Å². The average Bonchev–Trinajstić information content (AvgIpc) is 3.15. The molecule has 4 N–H and O–H groups in total. The number of rotatable bonds is 10. The molecule has 160 valence electrons. The van der Waals surface area contributed by atoms with Crippen molar-refractivity contribution in [3.8, 4) is 0 Å². The fourth-order valence-electron chi connectivity index (χ4n) is 3.49. The first-order valence-electron chi connectivity index (χ1n) is 9.46. The van der Waals surface area contributed by atoms with Gasteiger partial charge < -0.3 is 29.9 Å². The summed E-state index contributed by atoms with van der Waals surface area (Å²) in [6.45, 7) is 4.07. The summed E-state index contributed by atoms with van der Waals surface area (Å²) in [6, 6.07) is 7.56. The van der Waals surface area contributed by atoms with E-state index in [1.807, 2.05) is 26.0 Å². The summed E-state index contributed by atoms with van der Waals surface area (Å²) in [5.74, 6) is 0.249. The van der Waals surface area contributed by atoms with Crippen molar-refractivity contribution in [2.45, 2.75) is 51.2 Å². The van der Waals surface area contributed by atoms with Gasteiger partial charge in [-0.15, -0.1) is 0 Å². The molecular weight excluding hydrogens is 433 g/mol. The van der Waals surface area contributed by atoms with Gasteiger partial charge in [-0.3, -0.25) is 5.41 Å². The zero-order valence-corrected chi connectivity index (χ0v) is 22.0. The zero-order chi connectivity index (χ0) is 21.7. The Labute approximate surface area is 225 Å². The van der Waals surface area contributed by atoms with E-state index in [9.17, 15) is 15.3 Å². The second-order valence-electron chi connectivity index (χ2n) is 6.99. The molecule has 0 aliphatic rings. The number of nitrogens with one attached hydrogen (secondary N) is 1. The van der Waals surface area contributed by atoms with Crippen LogP contribution in [0.1, 0.15) is 47.9 Å². The third-order valence-corrected chi connectivity index (χ3v) is 5.29. The quantitative estimate of drug-likeness (QED) is 0.305. The van der Waals surface area contributed by atoms with E-state index in [1.54, 1.807) is 7.11 Å². The van der Waals surface area contributed by atoms with E-state index in [1.165, 1.54) is 23.9 Å². The largest absolute Gasteiger partial charge is 1.00 e. The normalized spacial score (nSPS) is 15.1. The summed E-state index contributed by atoms with van der Waals surface area (Å²) in [7, 11) is 3.05. The third-order valence-electron chi connectivity index (χ3n) is 5.09. The smallest absolute Gasteiger partial charge is 0.468 e. The number of ether oxygens (including phenoxy) is 1. The molecule has 9 heteroatoms. The van der Waals surface area contributed by atoms with Crippen LogP contribution in [0.3, 0.4) is 0 Å². The van der Waals surface area contributed by atoms with Crippen LogP contribution in [0, 0.1) is 12.3 Å². The van der Waals surface area contributed by atoms with Gasteiger partial charge in [0.15, 0.2) is 0 Å². The Morgan fingerprint density at radius 1 is 1.27 bits per heavy atom. The summed E-state index contributed by atoms with van der Waals surface area (Å²) < 4.78 is 6.86. The number of halogens is 1. The molecule has 0 radical (unpaired) electrons. The maximum absolute atomic E-state index is 10.6. The van der Waals surface area contributed by atoms with E-state index in [-0.39, 0.29) is 68.8 Å². The Morgan fingerprint density at radius 2 is 1.93 bits per heavy atom. The predicted molar refractivity (Wildman–Crippen MR) is 114 cm³/mol. The molecule has 1 aromatic carbocycles. The van der Waals surface area contributed by atoms with E-state index in [2.05, 4.69) is 11.4 Å². The van der Waals surface area contributed by atoms with Gasteiger partial charge in [0, 0.05) is 19.1 Å². The minimum atomic E-state index is -1.49. The van der Waals surface area contributed by atoms with Crippen LogP contribution in [-0.2, 0) is 11.2 Å². The van der Waals surface area contributed by atoms with Gasteiger partial charge in [-0.05, 0) is 30.3 Å². The first-order valence-corrected chi connectivity index (χ1v) is 9.84. The van der Waals surface area contributed by atoms with Crippen LogP contribution in [0.15, 0.2) is 30.5 Å². The minimum absolute atomic E-state index is 0. The van der Waals surface area contributed by atoms with Crippen LogP contribution < -0.4 is 51.4 Å². The van der Waals surface area contributed by atoms with E-state index in [0.717, 1.165) is 23.1 Å². The summed E-state index contributed by atoms with van der Waals surface area (Å²) >= 11 is 5.74. The second-order valence-corrected chi connectivity index (χ2v) is 7.36. The van der Waals surface area contributed by atoms with Crippen molar-refractivity contribution in [1.29, 1.82) is 5.41 Å². The fraction of sp³-hybridized carbons (Fsp3) is 0.476. The number of nitrogens with zero attached hydrogens (tertiary/aromatic N) is 2. The van der Waals surface area contributed by atoms with E-state index < -0.39 is 24.5 Å². The predicted octanol–water partition coefficient (Wildman–Crippen LogP) is 0.553. The summed E-state index contributed by atoms with van der Waals surface area (Å²) in [6.07, 6.45) is -2.26. The summed E-state index contributed by atoms with van der Waals surface area (Å²) in [5, 5.41) is 43.2. The van der Waals surface area contributed by atoms with Gasteiger partial charge in [0.1, 0.15) is 11.3 Å². The van der Waals surface area contributed by atoms with Gasteiger partial charge in [-0.2, -0.15) is 0 Å². The number of aryl methyl sites for hydroxylation is 2. The molecule has 2 rings (SSSR count). The van der Waals surface area contributed by atoms with Crippen molar-refractivity contribution < 1.29 is 71.4 Å². The number of aromatic nitrogens is 1. The fourth-order valence-corrected chi connectivity index (χ4v) is 3.63. The molecule has 0 aliphatic heterocycles. The zero-order valence-electron chi connectivity index (χ0n) is 18.1. The Morgan fingerprint density at radius 3 is 2.47 bits per heavy atom. The first kappa shape index (κ1) is 27.8. The third kappa shape index (κ3) is 6.38. The van der Waals surface area contributed by atoms with Crippen molar-refractivity contribution in [3.63, 3.8) is 0 Å². The Hall–Kier alpha value is -0.264. The number of hydrogen-bond donors (Lipinski definition) is 4. The minimum Gasteiger partial charge on any atom is -0.468 e. The topological polar surface area (TPSA) is 113 Å². The molecule has 0 amide bonds. The molecule has 0 bridgehead atoms. The Balaban J connectivity index is 0.00000450. The van der Waals surface area contributed by atoms with Crippen LogP contribution in [0.2, 0.25) is 0 Å². The maximum atomic E-state index is 10.6. The van der Waals surface area contributed by atoms with Gasteiger partial charge in [-0.1, -0.05) is 61.6 Å². The van der Waals surface area contributed by atoms with Gasteiger partial charge in [-0.25, -0.2) is 0 Å². The van der Waals surface area contributed by atoms with Crippen LogP contribution in [-0.4, -0.2) is 51.4 Å². The molecule has 0 fully saturated rings. The monoisotopic (exact) mass is 461 g/mol. The molecule has 30 heavy (non-hydrogen) atoms. The molecular formula is C21H29ClKN3O4. The number of methoxy groups -OCH3 is 1. The summed E-state index contributed by atoms with van der Waals surface area (Å²) in [5.41, 5.74) is 3.53. The molecule has 4 atom stereocenters. The van der Waals surface area contributed by atoms with Crippen LogP contribution >= 0.6 is 11.6 Å². The molecule has 1 heterocycles. The van der Waals surface area contributed by atoms with Crippen molar-refractivity contribution in [1.82, 2.24) is 4.57 Å². The van der Waals surface area contributed by atoms with Crippen molar-refractivity contribution in [3.05, 3.63) is 58.0 Å².